The van der Waals surface area contributed by atoms with Gasteiger partial charge in [-0.1, -0.05) is 17.3 Å². The summed E-state index contributed by atoms with van der Waals surface area (Å²) in [5.41, 5.74) is 1.01. The van der Waals surface area contributed by atoms with Gasteiger partial charge in [0, 0.05) is 12.2 Å². The monoisotopic (exact) mass is 440 g/mol. The number of nitrogens with zero attached hydrogens (tertiary/aromatic N) is 3. The van der Waals surface area contributed by atoms with Gasteiger partial charge in [0.25, 0.3) is 0 Å². The van der Waals surface area contributed by atoms with Crippen LogP contribution in [0.15, 0.2) is 46.3 Å². The van der Waals surface area contributed by atoms with Gasteiger partial charge in [-0.15, -0.1) is 11.3 Å². The van der Waals surface area contributed by atoms with Gasteiger partial charge in [0.2, 0.25) is 17.6 Å². The fourth-order valence-corrected chi connectivity index (χ4v) is 4.26. The Morgan fingerprint density at radius 1 is 1.32 bits per heavy atom. The lowest BCUT2D eigenvalue weighted by Gasteiger charge is -2.30. The molecule has 1 saturated heterocycles. The number of carbonyl (C=O) groups excluding carboxylic acids is 2. The lowest BCUT2D eigenvalue weighted by Crippen LogP contribution is -2.40. The van der Waals surface area contributed by atoms with Crippen molar-refractivity contribution in [3.63, 3.8) is 0 Å². The molecule has 9 heteroatoms. The summed E-state index contributed by atoms with van der Waals surface area (Å²) >= 11 is 1.57. The zero-order valence-corrected chi connectivity index (χ0v) is 18.1. The number of ether oxygens (including phenoxy) is 1. The predicted molar refractivity (Wildman–Crippen MR) is 117 cm³/mol. The number of carbonyl (C=O) groups is 2. The summed E-state index contributed by atoms with van der Waals surface area (Å²) in [5, 5.41) is 8.96. The van der Waals surface area contributed by atoms with E-state index in [1.807, 2.05) is 17.5 Å². The number of aromatic nitrogens is 2. The van der Waals surface area contributed by atoms with Crippen LogP contribution in [-0.4, -0.2) is 46.6 Å². The number of thiophene rings is 1. The third-order valence-electron chi connectivity index (χ3n) is 5.09. The Morgan fingerprint density at radius 2 is 2.23 bits per heavy atom. The van der Waals surface area contributed by atoms with E-state index in [1.54, 1.807) is 42.5 Å². The van der Waals surface area contributed by atoms with Crippen molar-refractivity contribution in [3.05, 3.63) is 53.2 Å². The van der Waals surface area contributed by atoms with Crippen molar-refractivity contribution in [3.8, 4) is 10.7 Å². The summed E-state index contributed by atoms with van der Waals surface area (Å²) in [6.07, 6.45) is 1.72. The van der Waals surface area contributed by atoms with Gasteiger partial charge in [0.1, 0.15) is 0 Å². The standard InChI is InChI=1S/C22H24N4O4S/c1-2-29-22(28)15-6-3-8-17(12-15)23-21(27)16-7-4-10-26(13-16)14-19-24-20(25-30-19)18-9-5-11-31-18/h3,5-6,8-9,11-12,16H,2,4,7,10,13-14H2,1H3,(H,23,27). The highest BCUT2D eigenvalue weighted by Gasteiger charge is 2.27. The van der Waals surface area contributed by atoms with Crippen molar-refractivity contribution in [2.75, 3.05) is 25.0 Å². The van der Waals surface area contributed by atoms with Crippen LogP contribution in [0.3, 0.4) is 0 Å². The molecule has 3 aromatic rings. The van der Waals surface area contributed by atoms with Crippen molar-refractivity contribution >= 4 is 28.9 Å². The number of esters is 1. The number of hydrogen-bond donors (Lipinski definition) is 1. The Labute approximate surface area is 184 Å². The maximum Gasteiger partial charge on any atom is 0.338 e. The van der Waals surface area contributed by atoms with Gasteiger partial charge in [-0.25, -0.2) is 4.79 Å². The minimum absolute atomic E-state index is 0.0597. The number of likely N-dealkylation sites (tertiary alicyclic amines) is 1. The van der Waals surface area contributed by atoms with Gasteiger partial charge in [0.05, 0.1) is 29.5 Å². The zero-order chi connectivity index (χ0) is 21.6. The molecule has 2 aromatic heterocycles. The second kappa shape index (κ2) is 9.84. The molecule has 1 aromatic carbocycles. The van der Waals surface area contributed by atoms with Crippen LogP contribution in [-0.2, 0) is 16.1 Å². The quantitative estimate of drug-likeness (QED) is 0.558. The van der Waals surface area contributed by atoms with E-state index in [0.29, 0.717) is 42.7 Å². The predicted octanol–water partition coefficient (Wildman–Crippen LogP) is 3.83. The molecule has 1 aliphatic rings. The van der Waals surface area contributed by atoms with Crippen molar-refractivity contribution in [2.45, 2.75) is 26.3 Å². The maximum atomic E-state index is 12.8. The molecule has 31 heavy (non-hydrogen) atoms. The minimum atomic E-state index is -0.399. The van der Waals surface area contributed by atoms with E-state index in [9.17, 15) is 9.59 Å². The molecule has 1 amide bonds. The SMILES string of the molecule is CCOC(=O)c1cccc(NC(=O)C2CCCN(Cc3nc(-c4cccs4)no3)C2)c1. The number of rotatable bonds is 7. The smallest absolute Gasteiger partial charge is 0.338 e. The number of anilines is 1. The van der Waals surface area contributed by atoms with Crippen LogP contribution in [0.1, 0.15) is 36.0 Å². The van der Waals surface area contributed by atoms with Gasteiger partial charge in [0.15, 0.2) is 0 Å². The van der Waals surface area contributed by atoms with E-state index in [2.05, 4.69) is 20.4 Å². The molecular weight excluding hydrogens is 416 g/mol. The average molecular weight is 441 g/mol. The Kier molecular flexibility index (Phi) is 6.73. The van der Waals surface area contributed by atoms with Crippen molar-refractivity contribution in [2.24, 2.45) is 5.92 Å². The van der Waals surface area contributed by atoms with Crippen LogP contribution in [0, 0.1) is 5.92 Å². The van der Waals surface area contributed by atoms with Gasteiger partial charge < -0.3 is 14.6 Å². The molecule has 4 rings (SSSR count). The van der Waals surface area contributed by atoms with Crippen LogP contribution < -0.4 is 5.32 Å². The van der Waals surface area contributed by atoms with Crippen molar-refractivity contribution in [1.82, 2.24) is 15.0 Å². The average Bonchev–Trinajstić information content (AvgIpc) is 3.46. The van der Waals surface area contributed by atoms with Crippen LogP contribution in [0.4, 0.5) is 5.69 Å². The Morgan fingerprint density at radius 3 is 3.03 bits per heavy atom. The highest BCUT2D eigenvalue weighted by Crippen LogP contribution is 2.24. The van der Waals surface area contributed by atoms with Crippen LogP contribution in [0.5, 0.6) is 0 Å². The number of hydrogen-bond acceptors (Lipinski definition) is 8. The maximum absolute atomic E-state index is 12.8. The van der Waals surface area contributed by atoms with Gasteiger partial charge >= 0.3 is 5.97 Å². The first kappa shape index (κ1) is 21.2. The minimum Gasteiger partial charge on any atom is -0.462 e. The van der Waals surface area contributed by atoms with Gasteiger partial charge in [-0.2, -0.15) is 4.98 Å². The summed E-state index contributed by atoms with van der Waals surface area (Å²) in [6.45, 7) is 4.07. The molecule has 162 valence electrons. The van der Waals surface area contributed by atoms with Gasteiger partial charge in [-0.3, -0.25) is 9.69 Å². The molecule has 8 nitrogen and oxygen atoms in total. The van der Waals surface area contributed by atoms with Crippen LogP contribution in [0.25, 0.3) is 10.7 Å². The lowest BCUT2D eigenvalue weighted by atomic mass is 9.97. The van der Waals surface area contributed by atoms with Crippen LogP contribution in [0.2, 0.25) is 0 Å². The Bertz CT molecular complexity index is 1030. The zero-order valence-electron chi connectivity index (χ0n) is 17.2. The molecular formula is C22H24N4O4S. The van der Waals surface area contributed by atoms with E-state index in [0.717, 1.165) is 24.3 Å². The Balaban J connectivity index is 1.35. The lowest BCUT2D eigenvalue weighted by molar-refractivity contribution is -0.121. The molecule has 1 aliphatic heterocycles. The van der Waals surface area contributed by atoms with E-state index < -0.39 is 5.97 Å². The van der Waals surface area contributed by atoms with E-state index in [4.69, 9.17) is 9.26 Å². The highest BCUT2D eigenvalue weighted by atomic mass is 32.1. The summed E-state index contributed by atoms with van der Waals surface area (Å²) in [6, 6.07) is 10.7. The first-order valence-electron chi connectivity index (χ1n) is 10.3. The molecule has 1 unspecified atom stereocenters. The Hall–Kier alpha value is -3.04. The molecule has 1 atom stereocenters. The molecule has 0 spiro atoms. The molecule has 1 N–H and O–H groups in total. The summed E-state index contributed by atoms with van der Waals surface area (Å²) in [7, 11) is 0. The normalized spacial score (nSPS) is 16.7. The topological polar surface area (TPSA) is 97.6 Å². The highest BCUT2D eigenvalue weighted by molar-refractivity contribution is 7.13. The molecule has 0 aliphatic carbocycles. The molecule has 0 radical (unpaired) electrons. The number of piperidine rings is 1. The summed E-state index contributed by atoms with van der Waals surface area (Å²) in [4.78, 5) is 32.3. The molecule has 1 fully saturated rings. The number of nitrogens with one attached hydrogen (secondary N) is 1. The molecule has 0 bridgehead atoms. The van der Waals surface area contributed by atoms with Crippen molar-refractivity contribution < 1.29 is 18.8 Å². The number of amides is 1. The fraction of sp³-hybridized carbons (Fsp3) is 0.364. The second-order valence-corrected chi connectivity index (χ2v) is 8.30. The fourth-order valence-electron chi connectivity index (χ4n) is 3.61. The largest absolute Gasteiger partial charge is 0.462 e. The summed E-state index contributed by atoms with van der Waals surface area (Å²) < 4.78 is 10.4. The van der Waals surface area contributed by atoms with Crippen molar-refractivity contribution in [1.29, 1.82) is 0 Å². The first-order chi connectivity index (χ1) is 15.1. The second-order valence-electron chi connectivity index (χ2n) is 7.35. The van der Waals surface area contributed by atoms with E-state index in [1.165, 1.54) is 0 Å². The molecule has 3 heterocycles. The third-order valence-corrected chi connectivity index (χ3v) is 5.95. The van der Waals surface area contributed by atoms with E-state index in [-0.39, 0.29) is 11.8 Å². The first-order valence-corrected chi connectivity index (χ1v) is 11.2. The summed E-state index contributed by atoms with van der Waals surface area (Å²) in [5.74, 6) is 0.531. The van der Waals surface area contributed by atoms with E-state index >= 15 is 0 Å². The third kappa shape index (κ3) is 5.36. The number of benzene rings is 1. The van der Waals surface area contributed by atoms with Gasteiger partial charge in [-0.05, 0) is 56.0 Å². The van der Waals surface area contributed by atoms with Crippen LogP contribution >= 0.6 is 11.3 Å². The molecule has 0 saturated carbocycles.